The number of benzene rings is 1. The highest BCUT2D eigenvalue weighted by Crippen LogP contribution is 2.21. The Hall–Kier alpha value is -1.69. The molecular formula is C13H13BrN2O3. The zero-order valence-corrected chi connectivity index (χ0v) is 11.8. The van der Waals surface area contributed by atoms with Gasteiger partial charge in [-0.1, -0.05) is 12.1 Å². The summed E-state index contributed by atoms with van der Waals surface area (Å²) in [5.41, 5.74) is 0.673. The predicted molar refractivity (Wildman–Crippen MR) is 73.3 cm³/mol. The number of amides is 3. The molecule has 0 saturated carbocycles. The van der Waals surface area contributed by atoms with Gasteiger partial charge in [0.15, 0.2) is 0 Å². The van der Waals surface area contributed by atoms with Gasteiger partial charge in [-0.2, -0.15) is 0 Å². The van der Waals surface area contributed by atoms with Gasteiger partial charge >= 0.3 is 0 Å². The average molecular weight is 325 g/mol. The summed E-state index contributed by atoms with van der Waals surface area (Å²) in [4.78, 5) is 35.7. The quantitative estimate of drug-likeness (QED) is 0.860. The number of carbonyl (C=O) groups excluding carboxylic acids is 3. The minimum Gasteiger partial charge on any atom is -0.325 e. The first-order chi connectivity index (χ1) is 9.08. The molecule has 0 unspecified atom stereocenters. The first kappa shape index (κ1) is 13.7. The van der Waals surface area contributed by atoms with Gasteiger partial charge in [0.1, 0.15) is 0 Å². The summed E-state index contributed by atoms with van der Waals surface area (Å²) in [5, 5.41) is 2.73. The Kier molecular flexibility index (Phi) is 4.31. The number of nitrogens with zero attached hydrogens (tertiary/aromatic N) is 1. The molecule has 3 amide bonds. The van der Waals surface area contributed by atoms with E-state index in [1.807, 2.05) is 18.2 Å². The van der Waals surface area contributed by atoms with Crippen LogP contribution in [0.5, 0.6) is 0 Å². The maximum Gasteiger partial charge on any atom is 0.229 e. The summed E-state index contributed by atoms with van der Waals surface area (Å²) in [6.07, 6.45) is 0.619. The van der Waals surface area contributed by atoms with Gasteiger partial charge in [0.2, 0.25) is 17.7 Å². The van der Waals surface area contributed by atoms with Crippen LogP contribution in [0.1, 0.15) is 19.3 Å². The van der Waals surface area contributed by atoms with E-state index < -0.39 is 0 Å². The second kappa shape index (κ2) is 5.97. The average Bonchev–Trinajstić information content (AvgIpc) is 2.70. The first-order valence-electron chi connectivity index (χ1n) is 5.95. The van der Waals surface area contributed by atoms with Crippen molar-refractivity contribution in [2.75, 3.05) is 11.9 Å². The third-order valence-corrected chi connectivity index (χ3v) is 3.56. The van der Waals surface area contributed by atoms with Crippen LogP contribution in [0.2, 0.25) is 0 Å². The van der Waals surface area contributed by atoms with E-state index >= 15 is 0 Å². The molecule has 1 saturated heterocycles. The highest BCUT2D eigenvalue weighted by molar-refractivity contribution is 9.10. The van der Waals surface area contributed by atoms with E-state index in [4.69, 9.17) is 0 Å². The topological polar surface area (TPSA) is 66.5 Å². The minimum atomic E-state index is -0.223. The van der Waals surface area contributed by atoms with Crippen molar-refractivity contribution in [1.82, 2.24) is 4.90 Å². The largest absolute Gasteiger partial charge is 0.325 e. The Balaban J connectivity index is 1.87. The second-order valence-electron chi connectivity index (χ2n) is 4.22. The van der Waals surface area contributed by atoms with Gasteiger partial charge < -0.3 is 5.32 Å². The van der Waals surface area contributed by atoms with Crippen LogP contribution < -0.4 is 5.32 Å². The Labute approximate surface area is 119 Å². The summed E-state index contributed by atoms with van der Waals surface area (Å²) in [7, 11) is 0. The number of nitrogens with one attached hydrogen (secondary N) is 1. The molecule has 1 aliphatic rings. The van der Waals surface area contributed by atoms with Crippen LogP contribution in [-0.4, -0.2) is 29.2 Å². The fourth-order valence-electron chi connectivity index (χ4n) is 1.86. The molecule has 1 aromatic rings. The Morgan fingerprint density at radius 3 is 2.47 bits per heavy atom. The number of rotatable bonds is 4. The van der Waals surface area contributed by atoms with Crippen molar-refractivity contribution in [2.24, 2.45) is 0 Å². The molecule has 2 rings (SSSR count). The minimum absolute atomic E-state index is 0.110. The van der Waals surface area contributed by atoms with Crippen molar-refractivity contribution in [2.45, 2.75) is 19.3 Å². The van der Waals surface area contributed by atoms with E-state index in [1.165, 1.54) is 0 Å². The second-order valence-corrected chi connectivity index (χ2v) is 5.07. The number of hydrogen-bond acceptors (Lipinski definition) is 3. The number of anilines is 1. The molecule has 0 atom stereocenters. The van der Waals surface area contributed by atoms with Gasteiger partial charge in [0.05, 0.1) is 5.69 Å². The smallest absolute Gasteiger partial charge is 0.229 e. The fourth-order valence-corrected chi connectivity index (χ4v) is 2.24. The third kappa shape index (κ3) is 3.41. The Morgan fingerprint density at radius 1 is 1.21 bits per heavy atom. The van der Waals surface area contributed by atoms with E-state index in [-0.39, 0.29) is 43.5 Å². The van der Waals surface area contributed by atoms with Crippen LogP contribution in [0.3, 0.4) is 0 Å². The lowest BCUT2D eigenvalue weighted by molar-refractivity contribution is -0.138. The molecule has 1 aromatic carbocycles. The predicted octanol–water partition coefficient (Wildman–Crippen LogP) is 1.93. The monoisotopic (exact) mass is 324 g/mol. The zero-order chi connectivity index (χ0) is 13.8. The van der Waals surface area contributed by atoms with Gasteiger partial charge in [-0.3, -0.25) is 19.3 Å². The molecule has 0 radical (unpaired) electrons. The van der Waals surface area contributed by atoms with Gasteiger partial charge in [0.25, 0.3) is 0 Å². The van der Waals surface area contributed by atoms with E-state index in [0.717, 1.165) is 9.37 Å². The highest BCUT2D eigenvalue weighted by Gasteiger charge is 2.28. The standard InChI is InChI=1S/C13H13BrN2O3/c14-9-3-1-2-4-10(9)15-11(17)7-8-16-12(18)5-6-13(16)19/h1-4H,5-8H2,(H,15,17). The molecule has 19 heavy (non-hydrogen) atoms. The number of likely N-dealkylation sites (tertiary alicyclic amines) is 1. The van der Waals surface area contributed by atoms with Crippen LogP contribution in [0.4, 0.5) is 5.69 Å². The fraction of sp³-hybridized carbons (Fsp3) is 0.308. The van der Waals surface area contributed by atoms with E-state index in [2.05, 4.69) is 21.2 Å². The molecule has 100 valence electrons. The van der Waals surface area contributed by atoms with Crippen molar-refractivity contribution in [3.05, 3.63) is 28.7 Å². The van der Waals surface area contributed by atoms with E-state index in [0.29, 0.717) is 5.69 Å². The molecule has 0 aliphatic carbocycles. The van der Waals surface area contributed by atoms with Gasteiger partial charge in [-0.05, 0) is 28.1 Å². The van der Waals surface area contributed by atoms with Gasteiger partial charge in [-0.15, -0.1) is 0 Å². The van der Waals surface area contributed by atoms with Crippen LogP contribution in [0.15, 0.2) is 28.7 Å². The summed E-state index contributed by atoms with van der Waals surface area (Å²) in [5.74, 6) is -0.614. The number of imide groups is 1. The highest BCUT2D eigenvalue weighted by atomic mass is 79.9. The van der Waals surface area contributed by atoms with E-state index in [9.17, 15) is 14.4 Å². The molecule has 1 heterocycles. The third-order valence-electron chi connectivity index (χ3n) is 2.87. The van der Waals surface area contributed by atoms with Gasteiger partial charge in [0, 0.05) is 30.3 Å². The maximum atomic E-state index is 11.8. The van der Waals surface area contributed by atoms with Crippen LogP contribution in [0, 0.1) is 0 Å². The molecule has 1 aliphatic heterocycles. The SMILES string of the molecule is O=C(CCN1C(=O)CCC1=O)Nc1ccccc1Br. The van der Waals surface area contributed by atoms with E-state index in [1.54, 1.807) is 6.07 Å². The van der Waals surface area contributed by atoms with Gasteiger partial charge in [-0.25, -0.2) is 0 Å². The molecule has 0 spiro atoms. The van der Waals surface area contributed by atoms with Crippen LogP contribution in [0.25, 0.3) is 0 Å². The van der Waals surface area contributed by atoms with Crippen molar-refractivity contribution in [3.63, 3.8) is 0 Å². The number of para-hydroxylation sites is 1. The summed E-state index contributed by atoms with van der Waals surface area (Å²) < 4.78 is 0.789. The van der Waals surface area contributed by atoms with Crippen molar-refractivity contribution >= 4 is 39.3 Å². The molecule has 1 fully saturated rings. The molecule has 0 aromatic heterocycles. The Bertz CT molecular complexity index is 514. The molecule has 6 heteroatoms. The van der Waals surface area contributed by atoms with Crippen molar-refractivity contribution < 1.29 is 14.4 Å². The van der Waals surface area contributed by atoms with Crippen molar-refractivity contribution in [3.8, 4) is 0 Å². The normalized spacial score (nSPS) is 14.9. The lowest BCUT2D eigenvalue weighted by Crippen LogP contribution is -2.32. The van der Waals surface area contributed by atoms with Crippen molar-refractivity contribution in [1.29, 1.82) is 0 Å². The summed E-state index contributed by atoms with van der Waals surface area (Å²) in [6, 6.07) is 7.26. The molecule has 0 bridgehead atoms. The molecular weight excluding hydrogens is 312 g/mol. The number of hydrogen-bond donors (Lipinski definition) is 1. The maximum absolute atomic E-state index is 11.8. The number of halogens is 1. The number of carbonyl (C=O) groups is 3. The van der Waals surface area contributed by atoms with Crippen LogP contribution in [-0.2, 0) is 14.4 Å². The summed E-state index contributed by atoms with van der Waals surface area (Å²) >= 11 is 3.33. The lowest BCUT2D eigenvalue weighted by atomic mass is 10.3. The first-order valence-corrected chi connectivity index (χ1v) is 6.75. The molecule has 5 nitrogen and oxygen atoms in total. The zero-order valence-electron chi connectivity index (χ0n) is 10.2. The summed E-state index contributed by atoms with van der Waals surface area (Å²) in [6.45, 7) is 0.147. The Morgan fingerprint density at radius 2 is 1.84 bits per heavy atom. The molecule has 1 N–H and O–H groups in total. The van der Waals surface area contributed by atoms with Crippen LogP contribution >= 0.6 is 15.9 Å². The lowest BCUT2D eigenvalue weighted by Gasteiger charge is -2.13.